The minimum absolute atomic E-state index is 0.260. The van der Waals surface area contributed by atoms with Crippen LogP contribution in [0.15, 0.2) is 18.3 Å². The van der Waals surface area contributed by atoms with Crippen LogP contribution in [0.1, 0.15) is 47.8 Å². The maximum absolute atomic E-state index is 11.0. The van der Waals surface area contributed by atoms with Crippen LogP contribution in [0.3, 0.4) is 0 Å². The van der Waals surface area contributed by atoms with E-state index in [2.05, 4.69) is 4.98 Å². The summed E-state index contributed by atoms with van der Waals surface area (Å²) < 4.78 is 1.84. The van der Waals surface area contributed by atoms with Gasteiger partial charge in [-0.1, -0.05) is 24.4 Å². The van der Waals surface area contributed by atoms with Crippen molar-refractivity contribution in [2.45, 2.75) is 31.6 Å². The summed E-state index contributed by atoms with van der Waals surface area (Å²) >= 11 is 6.11. The molecule has 1 aliphatic carbocycles. The highest BCUT2D eigenvalue weighted by Crippen LogP contribution is 2.35. The largest absolute Gasteiger partial charge is 0.478 e. The number of aromatic carboxylic acids is 1. The molecule has 0 unspecified atom stereocenters. The Kier molecular flexibility index (Phi) is 2.74. The Morgan fingerprint density at radius 3 is 2.78 bits per heavy atom. The molecule has 2 aromatic heterocycles. The predicted octanol–water partition coefficient (Wildman–Crippen LogP) is 3.34. The van der Waals surface area contributed by atoms with Gasteiger partial charge in [0.1, 0.15) is 5.82 Å². The molecule has 1 fully saturated rings. The zero-order valence-electron chi connectivity index (χ0n) is 9.77. The summed E-state index contributed by atoms with van der Waals surface area (Å²) in [5.41, 5.74) is 1.04. The maximum Gasteiger partial charge on any atom is 0.337 e. The zero-order chi connectivity index (χ0) is 12.7. The second-order valence-corrected chi connectivity index (χ2v) is 5.08. The molecule has 0 bridgehead atoms. The molecule has 0 atom stereocenters. The fourth-order valence-corrected chi connectivity index (χ4v) is 2.91. The highest BCUT2D eigenvalue weighted by atomic mass is 35.5. The number of aromatic nitrogens is 2. The van der Waals surface area contributed by atoms with E-state index in [1.165, 1.54) is 12.8 Å². The van der Waals surface area contributed by atoms with E-state index in [0.717, 1.165) is 24.2 Å². The van der Waals surface area contributed by atoms with Crippen molar-refractivity contribution in [3.8, 4) is 0 Å². The first-order chi connectivity index (χ1) is 8.66. The quantitative estimate of drug-likeness (QED) is 0.905. The number of carboxylic acids is 1. The standard InChI is InChI=1S/C13H13ClN2O2/c14-11-10-6-5-9(13(17)18)7-16(10)12(15-11)8-3-1-2-4-8/h5-8H,1-4H2,(H,17,18). The summed E-state index contributed by atoms with van der Waals surface area (Å²) in [5.74, 6) is 0.365. The Labute approximate surface area is 109 Å². The van der Waals surface area contributed by atoms with Gasteiger partial charge < -0.3 is 9.51 Å². The Bertz CT molecular complexity index is 615. The third kappa shape index (κ3) is 1.77. The fourth-order valence-electron chi connectivity index (χ4n) is 2.67. The second-order valence-electron chi connectivity index (χ2n) is 4.72. The van der Waals surface area contributed by atoms with Gasteiger partial charge in [-0.15, -0.1) is 0 Å². The molecule has 0 saturated heterocycles. The van der Waals surface area contributed by atoms with Crippen LogP contribution in [-0.4, -0.2) is 20.5 Å². The first-order valence-electron chi connectivity index (χ1n) is 6.07. The number of rotatable bonds is 2. The van der Waals surface area contributed by atoms with Crippen LogP contribution in [0, 0.1) is 0 Å². The topological polar surface area (TPSA) is 54.6 Å². The summed E-state index contributed by atoms with van der Waals surface area (Å²) in [4.78, 5) is 15.4. The number of fused-ring (bicyclic) bond motifs is 1. The summed E-state index contributed by atoms with van der Waals surface area (Å²) in [6, 6.07) is 3.28. The molecular weight excluding hydrogens is 252 g/mol. The lowest BCUT2D eigenvalue weighted by atomic mass is 10.1. The monoisotopic (exact) mass is 264 g/mol. The van der Waals surface area contributed by atoms with Gasteiger partial charge in [-0.3, -0.25) is 0 Å². The molecular formula is C13H13ClN2O2. The average molecular weight is 265 g/mol. The lowest BCUT2D eigenvalue weighted by Gasteiger charge is -2.08. The molecule has 3 rings (SSSR count). The van der Waals surface area contributed by atoms with Crippen molar-refractivity contribution in [2.24, 2.45) is 0 Å². The van der Waals surface area contributed by atoms with Gasteiger partial charge >= 0.3 is 5.97 Å². The molecule has 94 valence electrons. The Morgan fingerprint density at radius 2 is 2.11 bits per heavy atom. The second kappa shape index (κ2) is 4.28. The third-order valence-electron chi connectivity index (χ3n) is 3.59. The molecule has 4 nitrogen and oxygen atoms in total. The van der Waals surface area contributed by atoms with E-state index in [0.29, 0.717) is 11.1 Å². The molecule has 2 aromatic rings. The highest BCUT2D eigenvalue weighted by Gasteiger charge is 2.23. The Balaban J connectivity index is 2.18. The van der Waals surface area contributed by atoms with E-state index in [9.17, 15) is 4.79 Å². The molecule has 0 amide bonds. The van der Waals surface area contributed by atoms with Crippen molar-refractivity contribution >= 4 is 23.1 Å². The number of hydrogen-bond acceptors (Lipinski definition) is 2. The van der Waals surface area contributed by atoms with Crippen molar-refractivity contribution in [1.82, 2.24) is 9.38 Å². The number of carbonyl (C=O) groups is 1. The van der Waals surface area contributed by atoms with Crippen molar-refractivity contribution < 1.29 is 9.90 Å². The van der Waals surface area contributed by atoms with E-state index >= 15 is 0 Å². The first kappa shape index (κ1) is 11.5. The molecule has 0 spiro atoms. The molecule has 0 aromatic carbocycles. The number of imidazole rings is 1. The van der Waals surface area contributed by atoms with Gasteiger partial charge in [0.25, 0.3) is 0 Å². The van der Waals surface area contributed by atoms with Crippen molar-refractivity contribution in [1.29, 1.82) is 0 Å². The van der Waals surface area contributed by atoms with Crippen molar-refractivity contribution in [2.75, 3.05) is 0 Å². The normalized spacial score (nSPS) is 16.5. The van der Waals surface area contributed by atoms with E-state index < -0.39 is 5.97 Å². The summed E-state index contributed by atoms with van der Waals surface area (Å²) in [6.45, 7) is 0. The van der Waals surface area contributed by atoms with Gasteiger partial charge in [-0.25, -0.2) is 9.78 Å². The SMILES string of the molecule is O=C(O)c1ccc2c(Cl)nc(C3CCCC3)n2c1. The zero-order valence-corrected chi connectivity index (χ0v) is 10.5. The highest BCUT2D eigenvalue weighted by molar-refractivity contribution is 6.32. The number of carboxylic acid groups (broad SMARTS) is 1. The smallest absolute Gasteiger partial charge is 0.337 e. The molecule has 0 aliphatic heterocycles. The van der Waals surface area contributed by atoms with Crippen LogP contribution >= 0.6 is 11.6 Å². The van der Waals surface area contributed by atoms with Crippen LogP contribution in [0.5, 0.6) is 0 Å². The Hall–Kier alpha value is -1.55. The lowest BCUT2D eigenvalue weighted by Crippen LogP contribution is -2.03. The number of pyridine rings is 1. The third-order valence-corrected chi connectivity index (χ3v) is 3.86. The minimum atomic E-state index is -0.931. The van der Waals surface area contributed by atoms with Crippen molar-refractivity contribution in [3.63, 3.8) is 0 Å². The van der Waals surface area contributed by atoms with Crippen LogP contribution < -0.4 is 0 Å². The van der Waals surface area contributed by atoms with Crippen LogP contribution in [0.25, 0.3) is 5.52 Å². The van der Waals surface area contributed by atoms with Gasteiger partial charge in [0.2, 0.25) is 0 Å². The van der Waals surface area contributed by atoms with E-state index in [1.807, 2.05) is 4.40 Å². The molecule has 1 saturated carbocycles. The summed E-state index contributed by atoms with van der Waals surface area (Å²) in [5, 5.41) is 9.49. The molecule has 1 N–H and O–H groups in total. The fraction of sp³-hybridized carbons (Fsp3) is 0.385. The van der Waals surface area contributed by atoms with E-state index in [-0.39, 0.29) is 5.56 Å². The number of hydrogen-bond donors (Lipinski definition) is 1. The van der Waals surface area contributed by atoms with Gasteiger partial charge in [0, 0.05) is 12.1 Å². The number of halogens is 1. The van der Waals surface area contributed by atoms with Gasteiger partial charge in [-0.05, 0) is 25.0 Å². The molecule has 1 aliphatic rings. The van der Waals surface area contributed by atoms with Crippen molar-refractivity contribution in [3.05, 3.63) is 34.9 Å². The predicted molar refractivity (Wildman–Crippen MR) is 68.4 cm³/mol. The van der Waals surface area contributed by atoms with E-state index in [1.54, 1.807) is 18.3 Å². The van der Waals surface area contributed by atoms with Crippen LogP contribution in [0.2, 0.25) is 5.15 Å². The first-order valence-corrected chi connectivity index (χ1v) is 6.45. The molecule has 18 heavy (non-hydrogen) atoms. The Morgan fingerprint density at radius 1 is 1.39 bits per heavy atom. The summed E-state index contributed by atoms with van der Waals surface area (Å²) in [6.07, 6.45) is 6.23. The maximum atomic E-state index is 11.0. The van der Waals surface area contributed by atoms with Gasteiger partial charge in [0.15, 0.2) is 5.15 Å². The van der Waals surface area contributed by atoms with Gasteiger partial charge in [0.05, 0.1) is 11.1 Å². The molecule has 2 heterocycles. The number of nitrogens with zero attached hydrogens (tertiary/aromatic N) is 2. The van der Waals surface area contributed by atoms with Gasteiger partial charge in [-0.2, -0.15) is 0 Å². The van der Waals surface area contributed by atoms with Crippen LogP contribution in [0.4, 0.5) is 0 Å². The van der Waals surface area contributed by atoms with E-state index in [4.69, 9.17) is 16.7 Å². The minimum Gasteiger partial charge on any atom is -0.478 e. The lowest BCUT2D eigenvalue weighted by molar-refractivity contribution is 0.0696. The average Bonchev–Trinajstić information content (AvgIpc) is 2.97. The molecule has 0 radical (unpaired) electrons. The molecule has 5 heteroatoms. The summed E-state index contributed by atoms with van der Waals surface area (Å²) in [7, 11) is 0. The van der Waals surface area contributed by atoms with Crippen LogP contribution in [-0.2, 0) is 0 Å².